The first-order chi connectivity index (χ1) is 9.29. The zero-order valence-corrected chi connectivity index (χ0v) is 14.8. The number of likely N-dealkylation sites (N-methyl/N-ethyl adjacent to an activating group) is 1. The minimum Gasteiger partial charge on any atom is -0.312 e. The number of hydrogen-bond donors (Lipinski definition) is 1. The summed E-state index contributed by atoms with van der Waals surface area (Å²) in [5.41, 5.74) is 1.20. The molecule has 2 nitrogen and oxygen atoms in total. The van der Waals surface area contributed by atoms with E-state index in [4.69, 9.17) is 11.6 Å². The van der Waals surface area contributed by atoms with E-state index >= 15 is 0 Å². The van der Waals surface area contributed by atoms with Gasteiger partial charge in [-0.15, -0.1) is 24.8 Å². The van der Waals surface area contributed by atoms with Gasteiger partial charge in [-0.2, -0.15) is 0 Å². The number of hydrogen-bond acceptors (Lipinski definition) is 2. The van der Waals surface area contributed by atoms with Gasteiger partial charge >= 0.3 is 0 Å². The Morgan fingerprint density at radius 3 is 2.67 bits per heavy atom. The van der Waals surface area contributed by atoms with Crippen LogP contribution in [0.15, 0.2) is 30.3 Å². The summed E-state index contributed by atoms with van der Waals surface area (Å²) in [5.74, 6) is 0. The van der Waals surface area contributed by atoms with Gasteiger partial charge in [-0.05, 0) is 43.6 Å². The molecule has 0 bridgehead atoms. The van der Waals surface area contributed by atoms with Crippen molar-refractivity contribution in [2.45, 2.75) is 25.8 Å². The zero-order valence-electron chi connectivity index (χ0n) is 12.4. The third-order valence-electron chi connectivity index (χ3n) is 3.73. The van der Waals surface area contributed by atoms with Gasteiger partial charge in [0.25, 0.3) is 0 Å². The van der Waals surface area contributed by atoms with Crippen LogP contribution in [0, 0.1) is 0 Å². The van der Waals surface area contributed by atoms with Gasteiger partial charge in [0.15, 0.2) is 0 Å². The van der Waals surface area contributed by atoms with E-state index in [1.165, 1.54) is 31.5 Å². The number of benzene rings is 1. The average Bonchev–Trinajstić information content (AvgIpc) is 2.88. The summed E-state index contributed by atoms with van der Waals surface area (Å²) in [4.78, 5) is 2.57. The predicted octanol–water partition coefficient (Wildman–Crippen LogP) is 4.27. The van der Waals surface area contributed by atoms with Crippen LogP contribution in [0.4, 0.5) is 0 Å². The summed E-state index contributed by atoms with van der Waals surface area (Å²) in [6.07, 6.45) is 6.99. The Hall–Kier alpha value is -0.250. The van der Waals surface area contributed by atoms with Gasteiger partial charge in [0.2, 0.25) is 0 Å². The molecule has 0 radical (unpaired) electrons. The van der Waals surface area contributed by atoms with Gasteiger partial charge in [-0.25, -0.2) is 0 Å². The highest BCUT2D eigenvalue weighted by Crippen LogP contribution is 2.15. The van der Waals surface area contributed by atoms with Crippen LogP contribution in [0.2, 0.25) is 5.02 Å². The lowest BCUT2D eigenvalue weighted by Crippen LogP contribution is -2.37. The SMILES string of the molecule is CCN1CCCC1CNC/C=C/c1ccc(Cl)cc1.Cl.Cl. The number of nitrogens with zero attached hydrogens (tertiary/aromatic N) is 1. The number of halogens is 3. The summed E-state index contributed by atoms with van der Waals surface area (Å²) >= 11 is 5.85. The maximum atomic E-state index is 5.85. The summed E-state index contributed by atoms with van der Waals surface area (Å²) in [6, 6.07) is 8.65. The minimum absolute atomic E-state index is 0. The van der Waals surface area contributed by atoms with E-state index in [0.717, 1.165) is 24.2 Å². The van der Waals surface area contributed by atoms with Crippen molar-refractivity contribution in [3.05, 3.63) is 40.9 Å². The third-order valence-corrected chi connectivity index (χ3v) is 3.98. The van der Waals surface area contributed by atoms with E-state index < -0.39 is 0 Å². The van der Waals surface area contributed by atoms with E-state index in [9.17, 15) is 0 Å². The van der Waals surface area contributed by atoms with E-state index in [2.05, 4.69) is 29.3 Å². The summed E-state index contributed by atoms with van der Waals surface area (Å²) in [6.45, 7) is 6.71. The molecule has 1 saturated heterocycles. The summed E-state index contributed by atoms with van der Waals surface area (Å²) in [5, 5.41) is 4.31. The molecule has 5 heteroatoms. The monoisotopic (exact) mass is 350 g/mol. The summed E-state index contributed by atoms with van der Waals surface area (Å²) < 4.78 is 0. The molecule has 0 aliphatic carbocycles. The molecule has 120 valence electrons. The predicted molar refractivity (Wildman–Crippen MR) is 98.1 cm³/mol. The first kappa shape index (κ1) is 20.8. The van der Waals surface area contributed by atoms with Crippen LogP contribution in [0.5, 0.6) is 0 Å². The van der Waals surface area contributed by atoms with Crippen LogP contribution in [0.1, 0.15) is 25.3 Å². The Bertz CT molecular complexity index is 406. The Morgan fingerprint density at radius 1 is 1.29 bits per heavy atom. The molecule has 1 heterocycles. The molecule has 0 amide bonds. The lowest BCUT2D eigenvalue weighted by Gasteiger charge is -2.22. The van der Waals surface area contributed by atoms with Crippen molar-refractivity contribution >= 4 is 42.5 Å². The topological polar surface area (TPSA) is 15.3 Å². The molecular formula is C16H25Cl3N2. The molecule has 0 spiro atoms. The van der Waals surface area contributed by atoms with Gasteiger partial charge in [-0.3, -0.25) is 4.90 Å². The van der Waals surface area contributed by atoms with Gasteiger partial charge < -0.3 is 5.32 Å². The van der Waals surface area contributed by atoms with Crippen molar-refractivity contribution in [2.24, 2.45) is 0 Å². The van der Waals surface area contributed by atoms with E-state index in [1.807, 2.05) is 24.3 Å². The van der Waals surface area contributed by atoms with Crippen LogP contribution in [0.25, 0.3) is 6.08 Å². The normalized spacial score (nSPS) is 18.5. The second-order valence-electron chi connectivity index (χ2n) is 5.04. The van der Waals surface area contributed by atoms with Crippen molar-refractivity contribution in [1.29, 1.82) is 0 Å². The molecule has 1 aromatic carbocycles. The van der Waals surface area contributed by atoms with Crippen molar-refractivity contribution in [3.63, 3.8) is 0 Å². The molecular weight excluding hydrogens is 327 g/mol. The van der Waals surface area contributed by atoms with Gasteiger partial charge in [0.1, 0.15) is 0 Å². The molecule has 1 atom stereocenters. The zero-order chi connectivity index (χ0) is 13.5. The van der Waals surface area contributed by atoms with Gasteiger partial charge in [0, 0.05) is 24.2 Å². The van der Waals surface area contributed by atoms with Crippen molar-refractivity contribution in [1.82, 2.24) is 10.2 Å². The Kier molecular flexibility index (Phi) is 11.2. The molecule has 2 rings (SSSR count). The van der Waals surface area contributed by atoms with Crippen LogP contribution in [0.3, 0.4) is 0 Å². The first-order valence-electron chi connectivity index (χ1n) is 7.16. The second kappa shape index (κ2) is 11.3. The summed E-state index contributed by atoms with van der Waals surface area (Å²) in [7, 11) is 0. The van der Waals surface area contributed by atoms with Gasteiger partial charge in [0.05, 0.1) is 0 Å². The van der Waals surface area contributed by atoms with Crippen LogP contribution in [-0.4, -0.2) is 37.1 Å². The standard InChI is InChI=1S/C16H23ClN2.2ClH/c1-2-19-12-4-6-16(19)13-18-11-3-5-14-7-9-15(17)10-8-14;;/h3,5,7-10,16,18H,2,4,6,11-13H2,1H3;2*1H/b5-3+;;. The molecule has 1 aliphatic rings. The molecule has 0 aromatic heterocycles. The fourth-order valence-corrected chi connectivity index (χ4v) is 2.77. The Balaban J connectivity index is 0.00000200. The van der Waals surface area contributed by atoms with Crippen LogP contribution >= 0.6 is 36.4 Å². The fraction of sp³-hybridized carbons (Fsp3) is 0.500. The van der Waals surface area contributed by atoms with Crippen molar-refractivity contribution < 1.29 is 0 Å². The fourth-order valence-electron chi connectivity index (χ4n) is 2.64. The molecule has 1 aromatic rings. The van der Waals surface area contributed by atoms with Gasteiger partial charge in [-0.1, -0.05) is 42.8 Å². The van der Waals surface area contributed by atoms with Crippen molar-refractivity contribution in [3.8, 4) is 0 Å². The largest absolute Gasteiger partial charge is 0.312 e. The maximum Gasteiger partial charge on any atom is 0.0406 e. The Labute approximate surface area is 145 Å². The van der Waals surface area contributed by atoms with Crippen LogP contribution < -0.4 is 5.32 Å². The minimum atomic E-state index is 0. The average molecular weight is 352 g/mol. The van der Waals surface area contributed by atoms with E-state index in [0.29, 0.717) is 0 Å². The maximum absolute atomic E-state index is 5.85. The third kappa shape index (κ3) is 7.03. The first-order valence-corrected chi connectivity index (χ1v) is 7.54. The van der Waals surface area contributed by atoms with E-state index in [-0.39, 0.29) is 24.8 Å². The molecule has 21 heavy (non-hydrogen) atoms. The van der Waals surface area contributed by atoms with Crippen molar-refractivity contribution in [2.75, 3.05) is 26.2 Å². The highest BCUT2D eigenvalue weighted by atomic mass is 35.5. The molecule has 1 aliphatic heterocycles. The highest BCUT2D eigenvalue weighted by Gasteiger charge is 2.21. The second-order valence-corrected chi connectivity index (χ2v) is 5.47. The number of rotatable bonds is 6. The molecule has 1 N–H and O–H groups in total. The van der Waals surface area contributed by atoms with Crippen LogP contribution in [-0.2, 0) is 0 Å². The lowest BCUT2D eigenvalue weighted by atomic mass is 10.2. The number of nitrogens with one attached hydrogen (secondary N) is 1. The smallest absolute Gasteiger partial charge is 0.0406 e. The molecule has 1 unspecified atom stereocenters. The lowest BCUT2D eigenvalue weighted by molar-refractivity contribution is 0.262. The Morgan fingerprint density at radius 2 is 2.00 bits per heavy atom. The quantitative estimate of drug-likeness (QED) is 0.770. The highest BCUT2D eigenvalue weighted by molar-refractivity contribution is 6.30. The molecule has 1 fully saturated rings. The van der Waals surface area contributed by atoms with E-state index in [1.54, 1.807) is 0 Å². The molecule has 0 saturated carbocycles. The number of likely N-dealkylation sites (tertiary alicyclic amines) is 1.